The lowest BCUT2D eigenvalue weighted by atomic mass is 10.1. The van der Waals surface area contributed by atoms with E-state index in [0.717, 1.165) is 11.1 Å². The molecule has 0 aliphatic rings. The first-order chi connectivity index (χ1) is 12.7. The molecule has 6 nitrogen and oxygen atoms in total. The summed E-state index contributed by atoms with van der Waals surface area (Å²) >= 11 is 0. The normalized spacial score (nSPS) is 10.6. The van der Waals surface area contributed by atoms with Crippen LogP contribution in [0.4, 0.5) is 0 Å². The Hall–Kier alpha value is -3.67. The molecule has 0 aliphatic carbocycles. The van der Waals surface area contributed by atoms with Crippen molar-refractivity contribution in [2.75, 3.05) is 0 Å². The molecule has 3 aromatic rings. The minimum atomic E-state index is -0.565. The predicted molar refractivity (Wildman–Crippen MR) is 96.0 cm³/mol. The maximum Gasteiger partial charge on any atom is 0.379 e. The minimum absolute atomic E-state index is 0.136. The monoisotopic (exact) mass is 348 g/mol. The molecule has 0 radical (unpaired) electrons. The Morgan fingerprint density at radius 3 is 2.46 bits per heavy atom. The molecule has 0 fully saturated rings. The van der Waals surface area contributed by atoms with Crippen LogP contribution in [0.25, 0.3) is 0 Å². The van der Waals surface area contributed by atoms with Crippen LogP contribution in [0.3, 0.4) is 0 Å². The SMILES string of the molecule is O=C(Cc1ccccc1)N/N=C/c1ccc(OC(=O)c2ccco2)cc1. The first kappa shape index (κ1) is 17.2. The first-order valence-corrected chi connectivity index (χ1v) is 7.92. The summed E-state index contributed by atoms with van der Waals surface area (Å²) in [5.74, 6) is -0.241. The molecule has 26 heavy (non-hydrogen) atoms. The van der Waals surface area contributed by atoms with Gasteiger partial charge in [-0.05, 0) is 47.5 Å². The van der Waals surface area contributed by atoms with Gasteiger partial charge in [-0.15, -0.1) is 0 Å². The van der Waals surface area contributed by atoms with Gasteiger partial charge in [0.2, 0.25) is 11.7 Å². The van der Waals surface area contributed by atoms with Crippen LogP contribution in [0.2, 0.25) is 0 Å². The zero-order valence-electron chi connectivity index (χ0n) is 13.8. The number of hydrazone groups is 1. The average molecular weight is 348 g/mol. The summed E-state index contributed by atoms with van der Waals surface area (Å²) in [6, 6.07) is 19.3. The first-order valence-electron chi connectivity index (χ1n) is 7.92. The molecule has 0 saturated heterocycles. The molecule has 1 aromatic heterocycles. The summed E-state index contributed by atoms with van der Waals surface area (Å²) in [4.78, 5) is 23.6. The van der Waals surface area contributed by atoms with Gasteiger partial charge in [0.25, 0.3) is 0 Å². The number of carbonyl (C=O) groups excluding carboxylic acids is 2. The number of nitrogens with one attached hydrogen (secondary N) is 1. The smallest absolute Gasteiger partial charge is 0.379 e. The average Bonchev–Trinajstić information content (AvgIpc) is 3.19. The standard InChI is InChI=1S/C20H16N2O4/c23-19(13-15-5-2-1-3-6-15)22-21-14-16-8-10-17(11-9-16)26-20(24)18-7-4-12-25-18/h1-12,14H,13H2,(H,22,23)/b21-14+. The van der Waals surface area contributed by atoms with Crippen molar-refractivity contribution in [2.24, 2.45) is 5.10 Å². The third-order valence-electron chi connectivity index (χ3n) is 3.42. The van der Waals surface area contributed by atoms with Gasteiger partial charge in [-0.2, -0.15) is 5.10 Å². The van der Waals surface area contributed by atoms with E-state index in [1.54, 1.807) is 30.3 Å². The maximum atomic E-state index is 11.8. The predicted octanol–water partition coefficient (Wildman–Crippen LogP) is 3.19. The van der Waals surface area contributed by atoms with Crippen molar-refractivity contribution in [2.45, 2.75) is 6.42 Å². The Bertz CT molecular complexity index is 885. The van der Waals surface area contributed by atoms with E-state index in [0.29, 0.717) is 5.75 Å². The molecule has 0 unspecified atom stereocenters. The highest BCUT2D eigenvalue weighted by Gasteiger charge is 2.10. The van der Waals surface area contributed by atoms with Crippen LogP contribution in [0.5, 0.6) is 5.75 Å². The van der Waals surface area contributed by atoms with E-state index >= 15 is 0 Å². The number of rotatable bonds is 6. The highest BCUT2D eigenvalue weighted by atomic mass is 16.5. The molecular weight excluding hydrogens is 332 g/mol. The minimum Gasteiger partial charge on any atom is -0.457 e. The molecule has 130 valence electrons. The van der Waals surface area contributed by atoms with Gasteiger partial charge in [-0.25, -0.2) is 10.2 Å². The van der Waals surface area contributed by atoms with Gasteiger partial charge in [0.1, 0.15) is 5.75 Å². The quantitative estimate of drug-likeness (QED) is 0.321. The molecule has 2 aromatic carbocycles. The summed E-state index contributed by atoms with van der Waals surface area (Å²) in [6.07, 6.45) is 3.18. The molecule has 0 aliphatic heterocycles. The van der Waals surface area contributed by atoms with Crippen LogP contribution in [0.1, 0.15) is 21.7 Å². The van der Waals surface area contributed by atoms with E-state index in [1.165, 1.54) is 18.5 Å². The maximum absolute atomic E-state index is 11.8. The third kappa shape index (κ3) is 4.91. The summed E-state index contributed by atoms with van der Waals surface area (Å²) in [6.45, 7) is 0. The number of nitrogens with zero attached hydrogens (tertiary/aromatic N) is 1. The van der Waals surface area contributed by atoms with Crippen molar-refractivity contribution in [3.8, 4) is 5.75 Å². The van der Waals surface area contributed by atoms with Gasteiger partial charge in [-0.3, -0.25) is 4.79 Å². The zero-order chi connectivity index (χ0) is 18.2. The molecule has 0 saturated carbocycles. The van der Waals surface area contributed by atoms with Crippen LogP contribution in [0.15, 0.2) is 82.5 Å². The number of amides is 1. The topological polar surface area (TPSA) is 80.9 Å². The largest absolute Gasteiger partial charge is 0.457 e. The fourth-order valence-electron chi connectivity index (χ4n) is 2.17. The van der Waals surface area contributed by atoms with Crippen molar-refractivity contribution < 1.29 is 18.7 Å². The van der Waals surface area contributed by atoms with Gasteiger partial charge >= 0.3 is 5.97 Å². The van der Waals surface area contributed by atoms with Crippen LogP contribution in [-0.4, -0.2) is 18.1 Å². The van der Waals surface area contributed by atoms with E-state index in [4.69, 9.17) is 9.15 Å². The van der Waals surface area contributed by atoms with Gasteiger partial charge in [0, 0.05) is 0 Å². The molecule has 1 heterocycles. The van der Waals surface area contributed by atoms with Crippen molar-refractivity contribution in [3.63, 3.8) is 0 Å². The van der Waals surface area contributed by atoms with E-state index in [2.05, 4.69) is 10.5 Å². The third-order valence-corrected chi connectivity index (χ3v) is 3.42. The summed E-state index contributed by atoms with van der Waals surface area (Å²) in [5, 5.41) is 3.92. The van der Waals surface area contributed by atoms with Gasteiger partial charge in [-0.1, -0.05) is 30.3 Å². The number of esters is 1. The Morgan fingerprint density at radius 1 is 1.00 bits per heavy atom. The second kappa shape index (κ2) is 8.43. The lowest BCUT2D eigenvalue weighted by Gasteiger charge is -2.02. The van der Waals surface area contributed by atoms with E-state index in [1.807, 2.05) is 30.3 Å². The van der Waals surface area contributed by atoms with Gasteiger partial charge in [0.05, 0.1) is 18.9 Å². The number of benzene rings is 2. The number of hydrogen-bond acceptors (Lipinski definition) is 5. The van der Waals surface area contributed by atoms with Gasteiger partial charge in [0.15, 0.2) is 0 Å². The van der Waals surface area contributed by atoms with Crippen LogP contribution < -0.4 is 10.2 Å². The fraction of sp³-hybridized carbons (Fsp3) is 0.0500. The number of furan rings is 1. The van der Waals surface area contributed by atoms with Crippen molar-refractivity contribution in [3.05, 3.63) is 89.9 Å². The number of hydrogen-bond donors (Lipinski definition) is 1. The summed E-state index contributed by atoms with van der Waals surface area (Å²) in [5.41, 5.74) is 4.15. The molecule has 1 amide bonds. The van der Waals surface area contributed by atoms with Crippen molar-refractivity contribution in [1.82, 2.24) is 5.43 Å². The van der Waals surface area contributed by atoms with Crippen LogP contribution in [-0.2, 0) is 11.2 Å². The molecule has 6 heteroatoms. The number of ether oxygens (including phenoxy) is 1. The molecule has 0 spiro atoms. The molecule has 0 bridgehead atoms. The molecule has 1 N–H and O–H groups in total. The lowest BCUT2D eigenvalue weighted by Crippen LogP contribution is -2.19. The number of carbonyl (C=O) groups is 2. The molecule has 3 rings (SSSR count). The molecular formula is C20H16N2O4. The van der Waals surface area contributed by atoms with E-state index < -0.39 is 5.97 Å². The molecule has 0 atom stereocenters. The Kier molecular flexibility index (Phi) is 5.57. The van der Waals surface area contributed by atoms with Crippen LogP contribution >= 0.6 is 0 Å². The van der Waals surface area contributed by atoms with Gasteiger partial charge < -0.3 is 9.15 Å². The van der Waals surface area contributed by atoms with Crippen LogP contribution in [0, 0.1) is 0 Å². The lowest BCUT2D eigenvalue weighted by molar-refractivity contribution is -0.120. The zero-order valence-corrected chi connectivity index (χ0v) is 13.8. The Labute approximate surface area is 150 Å². The highest BCUT2D eigenvalue weighted by molar-refractivity contribution is 5.88. The van der Waals surface area contributed by atoms with E-state index in [-0.39, 0.29) is 18.1 Å². The second-order valence-corrected chi connectivity index (χ2v) is 5.39. The summed E-state index contributed by atoms with van der Waals surface area (Å²) < 4.78 is 10.1. The van der Waals surface area contributed by atoms with E-state index in [9.17, 15) is 9.59 Å². The Morgan fingerprint density at radius 2 is 1.77 bits per heavy atom. The Balaban J connectivity index is 1.50. The summed E-state index contributed by atoms with van der Waals surface area (Å²) in [7, 11) is 0. The van der Waals surface area contributed by atoms with Crippen molar-refractivity contribution >= 4 is 18.1 Å². The highest BCUT2D eigenvalue weighted by Crippen LogP contribution is 2.13. The van der Waals surface area contributed by atoms with Crippen molar-refractivity contribution in [1.29, 1.82) is 0 Å². The fourth-order valence-corrected chi connectivity index (χ4v) is 2.17. The second-order valence-electron chi connectivity index (χ2n) is 5.39.